The van der Waals surface area contributed by atoms with Gasteiger partial charge in [0.25, 0.3) is 5.91 Å². The third kappa shape index (κ3) is 5.23. The van der Waals surface area contributed by atoms with E-state index in [1.54, 1.807) is 30.9 Å². The molecule has 0 aliphatic heterocycles. The zero-order valence-electron chi connectivity index (χ0n) is 14.6. The Kier molecular flexibility index (Phi) is 6.96. The second kappa shape index (κ2) is 9.41. The summed E-state index contributed by atoms with van der Waals surface area (Å²) < 4.78 is 10.8. The van der Waals surface area contributed by atoms with Crippen molar-refractivity contribution in [3.05, 3.63) is 34.6 Å². The molecular formula is C18H22ClN3O3S. The highest BCUT2D eigenvalue weighted by atomic mass is 35.5. The van der Waals surface area contributed by atoms with Crippen molar-refractivity contribution in [2.45, 2.75) is 37.8 Å². The van der Waals surface area contributed by atoms with Gasteiger partial charge in [-0.05, 0) is 37.8 Å². The van der Waals surface area contributed by atoms with Crippen molar-refractivity contribution in [1.29, 1.82) is 0 Å². The maximum Gasteiger partial charge on any atom is 0.270 e. The molecule has 0 aromatic carbocycles. The Bertz CT molecular complexity index is 718. The van der Waals surface area contributed by atoms with E-state index in [9.17, 15) is 4.79 Å². The zero-order valence-corrected chi connectivity index (χ0v) is 16.2. The quantitative estimate of drug-likeness (QED) is 0.725. The molecule has 3 rings (SSSR count). The van der Waals surface area contributed by atoms with Crippen molar-refractivity contribution in [2.24, 2.45) is 0 Å². The summed E-state index contributed by atoms with van der Waals surface area (Å²) in [6, 6.07) is 3.48. The first-order chi connectivity index (χ1) is 12.7. The number of aromatic nitrogens is 2. The van der Waals surface area contributed by atoms with E-state index in [1.807, 2.05) is 0 Å². The van der Waals surface area contributed by atoms with Crippen LogP contribution in [0.3, 0.4) is 0 Å². The molecule has 0 atom stereocenters. The van der Waals surface area contributed by atoms with Gasteiger partial charge in [0, 0.05) is 24.4 Å². The fraction of sp³-hybridized carbons (Fsp3) is 0.500. The number of hydrogen-bond acceptors (Lipinski definition) is 6. The maximum absolute atomic E-state index is 12.6. The summed E-state index contributed by atoms with van der Waals surface area (Å²) in [7, 11) is 1.67. The van der Waals surface area contributed by atoms with Crippen molar-refractivity contribution in [3.63, 3.8) is 0 Å². The number of carbonyl (C=O) groups is 1. The summed E-state index contributed by atoms with van der Waals surface area (Å²) in [6.07, 6.45) is 5.63. The molecule has 1 saturated carbocycles. The number of carbonyl (C=O) groups excluding carboxylic acids is 1. The second-order valence-electron chi connectivity index (χ2n) is 6.23. The molecule has 1 aliphatic carbocycles. The van der Waals surface area contributed by atoms with Crippen molar-refractivity contribution in [3.8, 4) is 10.6 Å². The molecule has 26 heavy (non-hydrogen) atoms. The SMILES string of the molecule is COCCO[C@H]1CC[C@H](NC(=O)c2cc(Cl)cc(-c3cncs3)n2)CC1. The van der Waals surface area contributed by atoms with Gasteiger partial charge in [0.1, 0.15) is 5.69 Å². The Morgan fingerprint density at radius 1 is 1.31 bits per heavy atom. The maximum atomic E-state index is 12.6. The van der Waals surface area contributed by atoms with E-state index in [2.05, 4.69) is 15.3 Å². The molecule has 0 unspecified atom stereocenters. The van der Waals surface area contributed by atoms with Crippen LogP contribution >= 0.6 is 22.9 Å². The largest absolute Gasteiger partial charge is 0.382 e. The van der Waals surface area contributed by atoms with E-state index < -0.39 is 0 Å². The van der Waals surface area contributed by atoms with Gasteiger partial charge in [-0.3, -0.25) is 9.78 Å². The van der Waals surface area contributed by atoms with Crippen LogP contribution in [0, 0.1) is 0 Å². The van der Waals surface area contributed by atoms with Gasteiger partial charge in [-0.1, -0.05) is 11.6 Å². The summed E-state index contributed by atoms with van der Waals surface area (Å²) in [5.74, 6) is -0.193. The van der Waals surface area contributed by atoms with Crippen LogP contribution in [0.2, 0.25) is 5.02 Å². The first-order valence-electron chi connectivity index (χ1n) is 8.63. The van der Waals surface area contributed by atoms with Gasteiger partial charge >= 0.3 is 0 Å². The van der Waals surface area contributed by atoms with E-state index in [0.717, 1.165) is 30.6 Å². The number of nitrogens with zero attached hydrogens (tertiary/aromatic N) is 2. The molecule has 0 saturated heterocycles. The molecule has 6 nitrogen and oxygen atoms in total. The van der Waals surface area contributed by atoms with E-state index in [4.69, 9.17) is 21.1 Å². The normalized spacial score (nSPS) is 20.1. The number of amides is 1. The molecule has 2 heterocycles. The van der Waals surface area contributed by atoms with Crippen molar-refractivity contribution < 1.29 is 14.3 Å². The average molecular weight is 396 g/mol. The van der Waals surface area contributed by atoms with Gasteiger partial charge in [0.15, 0.2) is 0 Å². The van der Waals surface area contributed by atoms with Crippen LogP contribution in [0.25, 0.3) is 10.6 Å². The number of nitrogens with one attached hydrogen (secondary N) is 1. The molecule has 2 aromatic heterocycles. The fourth-order valence-corrected chi connectivity index (χ4v) is 3.80. The molecule has 140 valence electrons. The Balaban J connectivity index is 1.56. The predicted molar refractivity (Wildman–Crippen MR) is 102 cm³/mol. The molecule has 0 spiro atoms. The lowest BCUT2D eigenvalue weighted by atomic mass is 9.93. The van der Waals surface area contributed by atoms with Crippen molar-refractivity contribution in [2.75, 3.05) is 20.3 Å². The van der Waals surface area contributed by atoms with Crippen LogP contribution in [-0.4, -0.2) is 48.3 Å². The number of methoxy groups -OCH3 is 1. The molecule has 1 fully saturated rings. The first-order valence-corrected chi connectivity index (χ1v) is 9.89. The number of ether oxygens (including phenoxy) is 2. The minimum absolute atomic E-state index is 0.136. The van der Waals surface area contributed by atoms with E-state index in [-0.39, 0.29) is 18.1 Å². The highest BCUT2D eigenvalue weighted by molar-refractivity contribution is 7.13. The molecule has 8 heteroatoms. The summed E-state index contributed by atoms with van der Waals surface area (Å²) in [6.45, 7) is 1.23. The number of pyridine rings is 1. The van der Waals surface area contributed by atoms with Crippen molar-refractivity contribution in [1.82, 2.24) is 15.3 Å². The Morgan fingerprint density at radius 2 is 2.12 bits per heavy atom. The lowest BCUT2D eigenvalue weighted by Gasteiger charge is -2.29. The molecule has 1 amide bonds. The highest BCUT2D eigenvalue weighted by Crippen LogP contribution is 2.25. The summed E-state index contributed by atoms with van der Waals surface area (Å²) >= 11 is 7.63. The van der Waals surface area contributed by atoms with Crippen LogP contribution in [0.5, 0.6) is 0 Å². The van der Waals surface area contributed by atoms with Crippen LogP contribution in [0.15, 0.2) is 23.8 Å². The Morgan fingerprint density at radius 3 is 2.81 bits per heavy atom. The minimum Gasteiger partial charge on any atom is -0.382 e. The van der Waals surface area contributed by atoms with Crippen LogP contribution in [-0.2, 0) is 9.47 Å². The smallest absolute Gasteiger partial charge is 0.270 e. The molecular weight excluding hydrogens is 374 g/mol. The Hall–Kier alpha value is -1.54. The highest BCUT2D eigenvalue weighted by Gasteiger charge is 2.24. The van der Waals surface area contributed by atoms with E-state index >= 15 is 0 Å². The third-order valence-electron chi connectivity index (χ3n) is 4.36. The summed E-state index contributed by atoms with van der Waals surface area (Å²) in [4.78, 5) is 22.0. The lowest BCUT2D eigenvalue weighted by molar-refractivity contribution is -0.00409. The number of rotatable bonds is 7. The molecule has 2 aromatic rings. The van der Waals surface area contributed by atoms with Gasteiger partial charge in [-0.25, -0.2) is 4.98 Å². The van der Waals surface area contributed by atoms with Gasteiger partial charge in [-0.2, -0.15) is 0 Å². The predicted octanol–water partition coefficient (Wildman–Crippen LogP) is 3.56. The van der Waals surface area contributed by atoms with Crippen LogP contribution in [0.1, 0.15) is 36.2 Å². The van der Waals surface area contributed by atoms with Gasteiger partial charge in [0.05, 0.1) is 35.4 Å². The van der Waals surface area contributed by atoms with Gasteiger partial charge in [-0.15, -0.1) is 11.3 Å². The fourth-order valence-electron chi connectivity index (χ4n) is 3.01. The second-order valence-corrected chi connectivity index (χ2v) is 7.55. The standard InChI is InChI=1S/C18H22ClN3O3S/c1-24-6-7-25-14-4-2-13(3-5-14)21-18(23)16-9-12(19)8-15(22-16)17-10-20-11-26-17/h8-11,13-14H,2-7H2,1H3,(H,21,23)/t13-,14-. The third-order valence-corrected chi connectivity index (χ3v) is 5.37. The summed E-state index contributed by atoms with van der Waals surface area (Å²) in [5, 5.41) is 3.56. The van der Waals surface area contributed by atoms with Crippen LogP contribution < -0.4 is 5.32 Å². The lowest BCUT2D eigenvalue weighted by Crippen LogP contribution is -2.39. The van der Waals surface area contributed by atoms with E-state index in [1.165, 1.54) is 11.3 Å². The Labute approximate surface area is 161 Å². The number of hydrogen-bond donors (Lipinski definition) is 1. The molecule has 0 bridgehead atoms. The number of thiazole rings is 1. The van der Waals surface area contributed by atoms with Crippen molar-refractivity contribution >= 4 is 28.8 Å². The monoisotopic (exact) mass is 395 g/mol. The number of halogens is 1. The molecule has 1 N–H and O–H groups in total. The van der Waals surface area contributed by atoms with Gasteiger partial charge in [0.2, 0.25) is 0 Å². The average Bonchev–Trinajstić information content (AvgIpc) is 3.18. The van der Waals surface area contributed by atoms with E-state index in [0.29, 0.717) is 29.6 Å². The minimum atomic E-state index is -0.193. The van der Waals surface area contributed by atoms with Gasteiger partial charge < -0.3 is 14.8 Å². The topological polar surface area (TPSA) is 73.3 Å². The van der Waals surface area contributed by atoms with Crippen LogP contribution in [0.4, 0.5) is 0 Å². The first kappa shape index (κ1) is 19.2. The molecule has 1 aliphatic rings. The molecule has 0 radical (unpaired) electrons. The summed E-state index contributed by atoms with van der Waals surface area (Å²) in [5.41, 5.74) is 2.73. The zero-order chi connectivity index (χ0) is 18.4.